The van der Waals surface area contributed by atoms with Crippen LogP contribution in [0.25, 0.3) is 6.08 Å². The molecule has 20 heavy (non-hydrogen) atoms. The third kappa shape index (κ3) is 1.96. The molecule has 3 rings (SSSR count). The maximum absolute atomic E-state index is 12.4. The van der Waals surface area contributed by atoms with E-state index in [-0.39, 0.29) is 11.6 Å². The number of hydrogen-bond donors (Lipinski definition) is 0. The van der Waals surface area contributed by atoms with Crippen LogP contribution in [0.1, 0.15) is 32.9 Å². The minimum Gasteiger partial charge on any atom is -0.289 e. The Bertz CT molecular complexity index is 753. The molecule has 0 radical (unpaired) electrons. The molecule has 0 aliphatic heterocycles. The predicted octanol–water partition coefficient (Wildman–Crippen LogP) is 2.51. The number of carbonyl (C=O) groups excluding carboxylic acids is 1. The van der Waals surface area contributed by atoms with Crippen LogP contribution in [0.3, 0.4) is 0 Å². The topological polar surface area (TPSA) is 40.9 Å². The van der Waals surface area contributed by atoms with E-state index in [9.17, 15) is 4.79 Å². The van der Waals surface area contributed by atoms with Gasteiger partial charge in [-0.3, -0.25) is 4.79 Å². The zero-order chi connectivity index (χ0) is 14.1. The van der Waals surface area contributed by atoms with Crippen molar-refractivity contribution in [3.05, 3.63) is 76.4 Å². The molecule has 94 valence electrons. The molecular weight excluding hydrogens is 245 g/mol. The summed E-state index contributed by atoms with van der Waals surface area (Å²) in [6.07, 6.45) is 1.92. The number of ketones is 1. The number of nitriles is 1. The molecule has 0 amide bonds. The van der Waals surface area contributed by atoms with E-state index in [1.807, 2.05) is 42.5 Å². The Morgan fingerprint density at radius 2 is 1.80 bits per heavy atom. The van der Waals surface area contributed by atoms with Crippen molar-refractivity contribution in [2.24, 2.45) is 0 Å². The smallest absolute Gasteiger partial charge is 0.189 e. The van der Waals surface area contributed by atoms with Crippen LogP contribution in [0.4, 0.5) is 0 Å². The molecule has 1 aliphatic rings. The van der Waals surface area contributed by atoms with Gasteiger partial charge in [-0.15, -0.1) is 0 Å². The second-order valence-corrected chi connectivity index (χ2v) is 4.97. The van der Waals surface area contributed by atoms with Crippen LogP contribution >= 0.6 is 0 Å². The van der Waals surface area contributed by atoms with Crippen molar-refractivity contribution in [2.75, 3.05) is 0 Å². The molecule has 0 saturated carbocycles. The fourth-order valence-electron chi connectivity index (χ4n) is 2.63. The number of benzene rings is 2. The Morgan fingerprint density at radius 3 is 2.45 bits per heavy atom. The van der Waals surface area contributed by atoms with Crippen LogP contribution in [0.5, 0.6) is 0 Å². The maximum Gasteiger partial charge on any atom is 0.189 e. The van der Waals surface area contributed by atoms with E-state index in [0.29, 0.717) is 5.56 Å². The van der Waals surface area contributed by atoms with Gasteiger partial charge in [-0.05, 0) is 35.2 Å². The summed E-state index contributed by atoms with van der Waals surface area (Å²) in [5.74, 6) is 0.229. The molecule has 0 saturated heterocycles. The van der Waals surface area contributed by atoms with Crippen molar-refractivity contribution in [3.63, 3.8) is 0 Å². The standard InChI is InChI=1S/C17H12BNO/c18-16-13-3-1-2-4-14(13)17(20)15(16)9-11-5-7-12(10-19)8-6-11/h1-9,16H,18H2/b15-9+. The highest BCUT2D eigenvalue weighted by Crippen LogP contribution is 2.36. The Kier molecular flexibility index (Phi) is 3.00. The van der Waals surface area contributed by atoms with Gasteiger partial charge in [0, 0.05) is 11.1 Å². The second kappa shape index (κ2) is 4.83. The zero-order valence-electron chi connectivity index (χ0n) is 11.1. The first-order valence-electron chi connectivity index (χ1n) is 6.56. The van der Waals surface area contributed by atoms with Crippen molar-refractivity contribution in [2.45, 2.75) is 5.82 Å². The molecule has 0 heterocycles. The van der Waals surface area contributed by atoms with Crippen LogP contribution in [0.15, 0.2) is 54.1 Å². The van der Waals surface area contributed by atoms with Gasteiger partial charge in [0.25, 0.3) is 0 Å². The second-order valence-electron chi connectivity index (χ2n) is 4.97. The van der Waals surface area contributed by atoms with Gasteiger partial charge in [-0.2, -0.15) is 5.26 Å². The predicted molar refractivity (Wildman–Crippen MR) is 81.2 cm³/mol. The molecule has 1 atom stereocenters. The van der Waals surface area contributed by atoms with Crippen LogP contribution < -0.4 is 0 Å². The van der Waals surface area contributed by atoms with Gasteiger partial charge in [-0.25, -0.2) is 0 Å². The lowest BCUT2D eigenvalue weighted by molar-refractivity contribution is 0.104. The first-order chi connectivity index (χ1) is 9.70. The van der Waals surface area contributed by atoms with Crippen molar-refractivity contribution in [3.8, 4) is 6.07 Å². The lowest BCUT2D eigenvalue weighted by Gasteiger charge is -2.05. The lowest BCUT2D eigenvalue weighted by Crippen LogP contribution is -1.99. The third-order valence-corrected chi connectivity index (χ3v) is 3.76. The fourth-order valence-corrected chi connectivity index (χ4v) is 2.63. The van der Waals surface area contributed by atoms with Crippen molar-refractivity contribution >= 4 is 19.7 Å². The normalized spacial score (nSPS) is 18.9. The van der Waals surface area contributed by atoms with Gasteiger partial charge in [0.05, 0.1) is 11.6 Å². The van der Waals surface area contributed by atoms with E-state index >= 15 is 0 Å². The van der Waals surface area contributed by atoms with Crippen molar-refractivity contribution in [1.82, 2.24) is 0 Å². The average Bonchev–Trinajstić information content (AvgIpc) is 2.74. The van der Waals surface area contributed by atoms with E-state index in [2.05, 4.69) is 13.9 Å². The summed E-state index contributed by atoms with van der Waals surface area (Å²) in [6, 6.07) is 17.1. The lowest BCUT2D eigenvalue weighted by atomic mass is 9.79. The SMILES string of the molecule is BC1/C(=C\c2ccc(C#N)cc2)C(=O)c2ccccc21. The van der Waals surface area contributed by atoms with Gasteiger partial charge in [0.15, 0.2) is 5.78 Å². The molecule has 2 aromatic rings. The van der Waals surface area contributed by atoms with E-state index < -0.39 is 0 Å². The Balaban J connectivity index is 2.01. The largest absolute Gasteiger partial charge is 0.289 e. The summed E-state index contributed by atoms with van der Waals surface area (Å²) < 4.78 is 0. The Hall–Kier alpha value is -2.60. The van der Waals surface area contributed by atoms with Crippen LogP contribution in [0.2, 0.25) is 0 Å². The van der Waals surface area contributed by atoms with Gasteiger partial charge >= 0.3 is 0 Å². The molecular formula is C17H12BNO. The number of nitrogens with zero attached hydrogens (tertiary/aromatic N) is 1. The van der Waals surface area contributed by atoms with Crippen molar-refractivity contribution in [1.29, 1.82) is 5.26 Å². The van der Waals surface area contributed by atoms with Crippen LogP contribution in [0, 0.1) is 11.3 Å². The molecule has 2 nitrogen and oxygen atoms in total. The van der Waals surface area contributed by atoms with E-state index in [0.717, 1.165) is 22.3 Å². The van der Waals surface area contributed by atoms with Crippen molar-refractivity contribution < 1.29 is 4.79 Å². The Morgan fingerprint density at radius 1 is 1.10 bits per heavy atom. The zero-order valence-corrected chi connectivity index (χ0v) is 11.1. The number of carbonyl (C=O) groups is 1. The first-order valence-corrected chi connectivity index (χ1v) is 6.56. The highest BCUT2D eigenvalue weighted by molar-refractivity contribution is 6.28. The molecule has 3 heteroatoms. The molecule has 0 aromatic heterocycles. The molecule has 0 bridgehead atoms. The summed E-state index contributed by atoms with van der Waals surface area (Å²) in [4.78, 5) is 12.4. The van der Waals surface area contributed by atoms with Gasteiger partial charge in [0.2, 0.25) is 0 Å². The number of allylic oxidation sites excluding steroid dienone is 1. The molecule has 0 N–H and O–H groups in total. The summed E-state index contributed by atoms with van der Waals surface area (Å²) in [7, 11) is 2.05. The highest BCUT2D eigenvalue weighted by Gasteiger charge is 2.30. The first kappa shape index (κ1) is 12.4. The van der Waals surface area contributed by atoms with Crippen LogP contribution in [-0.4, -0.2) is 13.6 Å². The van der Waals surface area contributed by atoms with E-state index in [1.165, 1.54) is 0 Å². The van der Waals surface area contributed by atoms with Gasteiger partial charge in [-0.1, -0.05) is 36.4 Å². The number of rotatable bonds is 1. The fraction of sp³-hybridized carbons (Fsp3) is 0.0588. The van der Waals surface area contributed by atoms with E-state index in [4.69, 9.17) is 5.26 Å². The molecule has 2 aromatic carbocycles. The minimum absolute atomic E-state index is 0.109. The monoisotopic (exact) mass is 257 g/mol. The highest BCUT2D eigenvalue weighted by atomic mass is 16.1. The Labute approximate surface area is 118 Å². The third-order valence-electron chi connectivity index (χ3n) is 3.76. The summed E-state index contributed by atoms with van der Waals surface area (Å²) in [6.45, 7) is 0. The quantitative estimate of drug-likeness (QED) is 0.581. The summed E-state index contributed by atoms with van der Waals surface area (Å²) >= 11 is 0. The number of hydrogen-bond acceptors (Lipinski definition) is 2. The minimum atomic E-state index is 0.109. The van der Waals surface area contributed by atoms with Gasteiger partial charge in [0.1, 0.15) is 7.85 Å². The van der Waals surface area contributed by atoms with E-state index in [1.54, 1.807) is 12.1 Å². The van der Waals surface area contributed by atoms with Crippen LogP contribution in [-0.2, 0) is 0 Å². The summed E-state index contributed by atoms with van der Waals surface area (Å²) in [5, 5.41) is 8.80. The van der Waals surface area contributed by atoms with Gasteiger partial charge < -0.3 is 0 Å². The summed E-state index contributed by atoms with van der Waals surface area (Å²) in [5.41, 5.74) is 4.29. The number of Topliss-reactive ketones (excluding diaryl/α,β-unsaturated/α-hetero) is 1. The number of fused-ring (bicyclic) bond motifs is 1. The molecule has 0 fully saturated rings. The molecule has 1 unspecified atom stereocenters. The average molecular weight is 257 g/mol. The maximum atomic E-state index is 12.4. The molecule has 0 spiro atoms. The molecule has 1 aliphatic carbocycles.